The molecule has 1 fully saturated rings. The average Bonchev–Trinajstić information content (AvgIpc) is 3.74. The van der Waals surface area contributed by atoms with Crippen molar-refractivity contribution in [2.24, 2.45) is 0 Å². The SMILES string of the molecule is N#CCNC(=O)Cn1ccc2cc(NC(=O)c3ccc(-n4ccc5cc(NC(=O)c6ccc(N7CCC(O)CC7)cc6)ccc54)cc3)ccc21. The fraction of sp³-hybridized carbons (Fsp3) is 0.179. The first-order valence-corrected chi connectivity index (χ1v) is 16.4. The number of anilines is 3. The molecular formula is C39H35N7O4. The highest BCUT2D eigenvalue weighted by atomic mass is 16.3. The number of benzene rings is 4. The Morgan fingerprint density at radius 1 is 0.720 bits per heavy atom. The quantitative estimate of drug-likeness (QED) is 0.146. The number of hydrogen-bond acceptors (Lipinski definition) is 6. The summed E-state index contributed by atoms with van der Waals surface area (Å²) in [6, 6.07) is 31.9. The molecule has 4 N–H and O–H groups in total. The number of rotatable bonds is 9. The maximum absolute atomic E-state index is 13.1. The summed E-state index contributed by atoms with van der Waals surface area (Å²) in [5.74, 6) is -0.681. The molecule has 1 aliphatic rings. The van der Waals surface area contributed by atoms with Crippen LogP contribution >= 0.6 is 0 Å². The molecular weight excluding hydrogens is 630 g/mol. The standard InChI is InChI=1S/C39H35N7O4/c40-17-18-41-37(48)25-45-19-13-28-23-30(5-11-35(28)45)42-39(50)27-3-9-33(10-4-27)46-22-14-29-24-31(6-12-36(29)46)43-38(49)26-1-7-32(8-2-26)44-20-15-34(47)16-21-44/h1-14,19,22-24,34,47H,15-16,18,20-21,25H2,(H,41,48)(H,42,50)(H,43,49). The van der Waals surface area contributed by atoms with E-state index in [4.69, 9.17) is 5.26 Å². The fourth-order valence-electron chi connectivity index (χ4n) is 6.34. The van der Waals surface area contributed by atoms with Crippen LogP contribution in [0, 0.1) is 11.3 Å². The Labute approximate surface area is 288 Å². The minimum absolute atomic E-state index is 0.0379. The van der Waals surface area contributed by atoms with Gasteiger partial charge in [-0.15, -0.1) is 0 Å². The van der Waals surface area contributed by atoms with Crippen molar-refractivity contribution in [3.63, 3.8) is 0 Å². The zero-order valence-corrected chi connectivity index (χ0v) is 27.2. The van der Waals surface area contributed by atoms with E-state index in [1.54, 1.807) is 29.0 Å². The van der Waals surface area contributed by atoms with E-state index in [9.17, 15) is 19.5 Å². The topological polar surface area (TPSA) is 144 Å². The molecule has 7 rings (SSSR count). The number of aliphatic hydroxyl groups excluding tert-OH is 1. The van der Waals surface area contributed by atoms with Gasteiger partial charge in [0, 0.05) is 75.6 Å². The average molecular weight is 666 g/mol. The normalized spacial score (nSPS) is 13.2. The van der Waals surface area contributed by atoms with Crippen molar-refractivity contribution in [3.05, 3.63) is 121 Å². The second kappa shape index (κ2) is 14.0. The summed E-state index contributed by atoms with van der Waals surface area (Å²) in [5, 5.41) is 28.8. The second-order valence-corrected chi connectivity index (χ2v) is 12.3. The first-order valence-electron chi connectivity index (χ1n) is 16.4. The predicted molar refractivity (Wildman–Crippen MR) is 194 cm³/mol. The lowest BCUT2D eigenvalue weighted by molar-refractivity contribution is -0.121. The third-order valence-electron chi connectivity index (χ3n) is 9.02. The number of aromatic nitrogens is 2. The Hall–Kier alpha value is -6.38. The van der Waals surface area contributed by atoms with Gasteiger partial charge in [0.25, 0.3) is 11.8 Å². The van der Waals surface area contributed by atoms with Crippen LogP contribution in [0.15, 0.2) is 109 Å². The Morgan fingerprint density at radius 3 is 1.90 bits per heavy atom. The first-order chi connectivity index (χ1) is 24.3. The van der Waals surface area contributed by atoms with Gasteiger partial charge in [0.2, 0.25) is 5.91 Å². The first kappa shape index (κ1) is 32.2. The van der Waals surface area contributed by atoms with Gasteiger partial charge in [-0.25, -0.2) is 0 Å². The molecule has 0 unspecified atom stereocenters. The number of carbonyl (C=O) groups is 3. The molecule has 3 heterocycles. The molecule has 11 heteroatoms. The molecule has 0 atom stereocenters. The van der Waals surface area contributed by atoms with Crippen molar-refractivity contribution >= 4 is 56.6 Å². The van der Waals surface area contributed by atoms with Crippen LogP contribution in [0.1, 0.15) is 33.6 Å². The lowest BCUT2D eigenvalue weighted by atomic mass is 10.1. The van der Waals surface area contributed by atoms with Crippen LogP contribution in [-0.4, -0.2) is 57.7 Å². The zero-order chi connectivity index (χ0) is 34.6. The van der Waals surface area contributed by atoms with Crippen LogP contribution < -0.4 is 20.9 Å². The van der Waals surface area contributed by atoms with E-state index in [1.807, 2.05) is 95.7 Å². The van der Waals surface area contributed by atoms with E-state index in [0.29, 0.717) is 22.5 Å². The van der Waals surface area contributed by atoms with Crippen molar-refractivity contribution in [1.29, 1.82) is 5.26 Å². The largest absolute Gasteiger partial charge is 0.393 e. The van der Waals surface area contributed by atoms with Gasteiger partial charge in [0.1, 0.15) is 13.1 Å². The molecule has 0 spiro atoms. The molecule has 11 nitrogen and oxygen atoms in total. The molecule has 0 aliphatic carbocycles. The van der Waals surface area contributed by atoms with Crippen molar-refractivity contribution < 1.29 is 19.5 Å². The van der Waals surface area contributed by atoms with Crippen molar-refractivity contribution in [2.75, 3.05) is 35.2 Å². The van der Waals surface area contributed by atoms with E-state index in [0.717, 1.165) is 59.1 Å². The number of nitrogens with zero attached hydrogens (tertiary/aromatic N) is 4. The highest BCUT2D eigenvalue weighted by molar-refractivity contribution is 6.06. The summed E-state index contributed by atoms with van der Waals surface area (Å²) in [6.07, 6.45) is 5.03. The number of amides is 3. The number of aliphatic hydroxyl groups is 1. The molecule has 1 saturated heterocycles. The van der Waals surface area contributed by atoms with Crippen LogP contribution in [0.3, 0.4) is 0 Å². The summed E-state index contributed by atoms with van der Waals surface area (Å²) >= 11 is 0. The van der Waals surface area contributed by atoms with Crippen LogP contribution in [0.4, 0.5) is 17.1 Å². The van der Waals surface area contributed by atoms with Crippen molar-refractivity contribution in [1.82, 2.24) is 14.5 Å². The number of hydrogen-bond donors (Lipinski definition) is 4. The predicted octanol–water partition coefficient (Wildman–Crippen LogP) is 5.69. The van der Waals surface area contributed by atoms with Gasteiger partial charge in [-0.2, -0.15) is 5.26 Å². The van der Waals surface area contributed by atoms with E-state index in [-0.39, 0.29) is 36.9 Å². The molecule has 4 aromatic carbocycles. The Bertz CT molecular complexity index is 2240. The Balaban J connectivity index is 0.978. The van der Waals surface area contributed by atoms with E-state index >= 15 is 0 Å². The third-order valence-corrected chi connectivity index (χ3v) is 9.02. The van der Waals surface area contributed by atoms with Gasteiger partial charge in [-0.05, 0) is 110 Å². The maximum atomic E-state index is 13.1. The van der Waals surface area contributed by atoms with E-state index < -0.39 is 0 Å². The van der Waals surface area contributed by atoms with Crippen LogP contribution in [0.2, 0.25) is 0 Å². The highest BCUT2D eigenvalue weighted by Crippen LogP contribution is 2.26. The van der Waals surface area contributed by atoms with Gasteiger partial charge in [0.05, 0.1) is 17.7 Å². The van der Waals surface area contributed by atoms with Crippen molar-refractivity contribution in [2.45, 2.75) is 25.5 Å². The molecule has 250 valence electrons. The fourth-order valence-corrected chi connectivity index (χ4v) is 6.34. The molecule has 0 saturated carbocycles. The number of piperidine rings is 1. The lowest BCUT2D eigenvalue weighted by Gasteiger charge is -2.31. The number of nitriles is 1. The minimum atomic E-state index is -0.249. The molecule has 6 aromatic rings. The Kier molecular flexibility index (Phi) is 9.01. The molecule has 3 amide bonds. The third kappa shape index (κ3) is 6.92. The summed E-state index contributed by atoms with van der Waals surface area (Å²) in [5.41, 5.74) is 6.14. The van der Waals surface area contributed by atoms with Gasteiger partial charge in [0.15, 0.2) is 0 Å². The van der Waals surface area contributed by atoms with Crippen LogP contribution in [0.5, 0.6) is 0 Å². The molecule has 1 aliphatic heterocycles. The monoisotopic (exact) mass is 665 g/mol. The van der Waals surface area contributed by atoms with Gasteiger partial charge in [-0.3, -0.25) is 14.4 Å². The smallest absolute Gasteiger partial charge is 0.255 e. The number of fused-ring (bicyclic) bond motifs is 2. The maximum Gasteiger partial charge on any atom is 0.255 e. The summed E-state index contributed by atoms with van der Waals surface area (Å²) in [6.45, 7) is 1.67. The lowest BCUT2D eigenvalue weighted by Crippen LogP contribution is -2.35. The molecule has 0 bridgehead atoms. The summed E-state index contributed by atoms with van der Waals surface area (Å²) in [7, 11) is 0. The Morgan fingerprint density at radius 2 is 1.28 bits per heavy atom. The van der Waals surface area contributed by atoms with Gasteiger partial charge in [-0.1, -0.05) is 0 Å². The number of nitrogens with one attached hydrogen (secondary N) is 3. The van der Waals surface area contributed by atoms with Gasteiger partial charge >= 0.3 is 0 Å². The highest BCUT2D eigenvalue weighted by Gasteiger charge is 2.18. The number of carbonyl (C=O) groups excluding carboxylic acids is 3. The van der Waals surface area contributed by atoms with E-state index in [1.165, 1.54) is 0 Å². The zero-order valence-electron chi connectivity index (χ0n) is 27.2. The van der Waals surface area contributed by atoms with Gasteiger partial charge < -0.3 is 35.1 Å². The van der Waals surface area contributed by atoms with Crippen molar-refractivity contribution in [3.8, 4) is 11.8 Å². The summed E-state index contributed by atoms with van der Waals surface area (Å²) < 4.78 is 3.82. The molecule has 0 radical (unpaired) electrons. The van der Waals surface area contributed by atoms with E-state index in [2.05, 4.69) is 20.9 Å². The minimum Gasteiger partial charge on any atom is -0.393 e. The second-order valence-electron chi connectivity index (χ2n) is 12.3. The van der Waals surface area contributed by atoms with Crippen LogP contribution in [-0.2, 0) is 11.3 Å². The molecule has 50 heavy (non-hydrogen) atoms. The molecule has 2 aromatic heterocycles. The van der Waals surface area contributed by atoms with Crippen LogP contribution in [0.25, 0.3) is 27.5 Å². The summed E-state index contributed by atoms with van der Waals surface area (Å²) in [4.78, 5) is 40.4.